The number of aromatic nitrogens is 4. The first kappa shape index (κ1) is 31.0. The van der Waals surface area contributed by atoms with Crippen molar-refractivity contribution in [3.63, 3.8) is 0 Å². The molecule has 9 rings (SSSR count). The van der Waals surface area contributed by atoms with Crippen LogP contribution in [0.15, 0.2) is 170 Å². The van der Waals surface area contributed by atoms with Crippen LogP contribution in [0.4, 0.5) is 0 Å². The first-order valence-corrected chi connectivity index (χ1v) is 17.4. The van der Waals surface area contributed by atoms with Crippen molar-refractivity contribution in [2.45, 2.75) is 12.3 Å². The van der Waals surface area contributed by atoms with Crippen molar-refractivity contribution in [2.24, 2.45) is 0 Å². The molecule has 6 aromatic carbocycles. The summed E-state index contributed by atoms with van der Waals surface area (Å²) in [4.78, 5) is 20.5. The highest BCUT2D eigenvalue weighted by atomic mass is 14.9. The van der Waals surface area contributed by atoms with Gasteiger partial charge in [-0.3, -0.25) is 0 Å². The summed E-state index contributed by atoms with van der Waals surface area (Å²) < 4.78 is 0. The van der Waals surface area contributed by atoms with Crippen LogP contribution in [-0.2, 0) is 0 Å². The molecule has 52 heavy (non-hydrogen) atoms. The maximum atomic E-state index is 9.82. The highest BCUT2D eigenvalue weighted by Gasteiger charge is 2.22. The SMILES string of the molecule is N#Cc1ccc(-c2nc3ccccc3nc2C2C=CC(c3cccc(-c4nc(-c5ccccc5)cc(-c5ccccc5)n4)c3)=CC2)c2ccccc12. The molecule has 0 saturated carbocycles. The lowest BCUT2D eigenvalue weighted by Crippen LogP contribution is -2.06. The molecule has 5 heteroatoms. The van der Waals surface area contributed by atoms with Crippen LogP contribution in [0.25, 0.3) is 72.5 Å². The minimum absolute atomic E-state index is 0.0211. The third kappa shape index (κ3) is 5.83. The molecule has 0 fully saturated rings. The van der Waals surface area contributed by atoms with E-state index in [4.69, 9.17) is 19.9 Å². The molecule has 2 heterocycles. The van der Waals surface area contributed by atoms with Crippen LogP contribution in [0, 0.1) is 11.3 Å². The Kier molecular flexibility index (Phi) is 7.96. The average Bonchev–Trinajstić information content (AvgIpc) is 3.23. The molecule has 0 spiro atoms. The van der Waals surface area contributed by atoms with E-state index >= 15 is 0 Å². The van der Waals surface area contributed by atoms with Crippen molar-refractivity contribution < 1.29 is 0 Å². The summed E-state index contributed by atoms with van der Waals surface area (Å²) >= 11 is 0. The van der Waals surface area contributed by atoms with Crippen LogP contribution in [0.3, 0.4) is 0 Å². The Hall–Kier alpha value is -7.03. The molecule has 1 aliphatic rings. The summed E-state index contributed by atoms with van der Waals surface area (Å²) in [5.41, 5.74) is 12.2. The van der Waals surface area contributed by atoms with E-state index in [0.717, 1.165) is 84.4 Å². The first-order valence-electron chi connectivity index (χ1n) is 17.4. The number of para-hydroxylation sites is 2. The van der Waals surface area contributed by atoms with E-state index in [-0.39, 0.29) is 5.92 Å². The predicted octanol–water partition coefficient (Wildman–Crippen LogP) is 11.2. The number of fused-ring (bicyclic) bond motifs is 2. The Bertz CT molecular complexity index is 2670. The smallest absolute Gasteiger partial charge is 0.160 e. The van der Waals surface area contributed by atoms with Gasteiger partial charge >= 0.3 is 0 Å². The topological polar surface area (TPSA) is 75.3 Å². The van der Waals surface area contributed by atoms with Gasteiger partial charge in [-0.05, 0) is 53.3 Å². The van der Waals surface area contributed by atoms with Crippen molar-refractivity contribution in [3.05, 3.63) is 187 Å². The molecule has 0 aliphatic heterocycles. The molecule has 244 valence electrons. The van der Waals surface area contributed by atoms with Gasteiger partial charge in [0.2, 0.25) is 0 Å². The van der Waals surface area contributed by atoms with E-state index < -0.39 is 0 Å². The Labute approximate surface area is 302 Å². The Morgan fingerprint density at radius 3 is 1.83 bits per heavy atom. The molecule has 5 nitrogen and oxygen atoms in total. The summed E-state index contributed by atoms with van der Waals surface area (Å²) in [6, 6.07) is 53.4. The molecule has 0 amide bonds. The van der Waals surface area contributed by atoms with Gasteiger partial charge < -0.3 is 0 Å². The Balaban J connectivity index is 1.08. The highest BCUT2D eigenvalue weighted by molar-refractivity contribution is 6.00. The second-order valence-corrected chi connectivity index (χ2v) is 12.9. The minimum atomic E-state index is 0.0211. The third-order valence-electron chi connectivity index (χ3n) is 9.67. The fourth-order valence-electron chi connectivity index (χ4n) is 7.04. The second-order valence-electron chi connectivity index (χ2n) is 12.9. The van der Waals surface area contributed by atoms with E-state index in [9.17, 15) is 5.26 Å². The lowest BCUT2D eigenvalue weighted by atomic mass is 9.87. The van der Waals surface area contributed by atoms with Gasteiger partial charge in [0, 0.05) is 33.6 Å². The van der Waals surface area contributed by atoms with Crippen molar-refractivity contribution in [1.82, 2.24) is 19.9 Å². The Morgan fingerprint density at radius 1 is 0.538 bits per heavy atom. The number of hydrogen-bond acceptors (Lipinski definition) is 5. The van der Waals surface area contributed by atoms with Gasteiger partial charge in [0.25, 0.3) is 0 Å². The molecule has 1 atom stereocenters. The van der Waals surface area contributed by atoms with Gasteiger partial charge in [-0.1, -0.05) is 140 Å². The summed E-state index contributed by atoms with van der Waals surface area (Å²) in [6.07, 6.45) is 7.50. The maximum Gasteiger partial charge on any atom is 0.160 e. The van der Waals surface area contributed by atoms with Crippen molar-refractivity contribution >= 4 is 27.4 Å². The lowest BCUT2D eigenvalue weighted by molar-refractivity contribution is 0.821. The van der Waals surface area contributed by atoms with Gasteiger partial charge in [-0.2, -0.15) is 5.26 Å². The number of benzene rings is 6. The van der Waals surface area contributed by atoms with Crippen molar-refractivity contribution in [3.8, 4) is 51.2 Å². The van der Waals surface area contributed by atoms with Crippen LogP contribution in [0.1, 0.15) is 29.2 Å². The summed E-state index contributed by atoms with van der Waals surface area (Å²) in [6.45, 7) is 0. The largest absolute Gasteiger partial charge is 0.248 e. The van der Waals surface area contributed by atoms with E-state index in [1.165, 1.54) is 0 Å². The first-order chi connectivity index (χ1) is 25.7. The molecule has 1 aliphatic carbocycles. The highest BCUT2D eigenvalue weighted by Crippen LogP contribution is 2.39. The van der Waals surface area contributed by atoms with Gasteiger partial charge in [-0.25, -0.2) is 19.9 Å². The van der Waals surface area contributed by atoms with E-state index in [2.05, 4.69) is 85.0 Å². The fraction of sp³-hybridized carbons (Fsp3) is 0.0426. The van der Waals surface area contributed by atoms with Crippen molar-refractivity contribution in [2.75, 3.05) is 0 Å². The van der Waals surface area contributed by atoms with Crippen LogP contribution in [0.5, 0.6) is 0 Å². The molecule has 0 saturated heterocycles. The molecule has 0 N–H and O–H groups in total. The number of hydrogen-bond donors (Lipinski definition) is 0. The molecule has 0 bridgehead atoms. The quantitative estimate of drug-likeness (QED) is 0.177. The number of nitriles is 1. The van der Waals surface area contributed by atoms with Crippen LogP contribution in [-0.4, -0.2) is 19.9 Å². The van der Waals surface area contributed by atoms with Crippen LogP contribution >= 0.6 is 0 Å². The normalized spacial score (nSPS) is 13.9. The zero-order valence-electron chi connectivity index (χ0n) is 28.2. The van der Waals surface area contributed by atoms with E-state index in [1.807, 2.05) is 91.0 Å². The second kappa shape index (κ2) is 13.4. The van der Waals surface area contributed by atoms with Crippen molar-refractivity contribution in [1.29, 1.82) is 5.26 Å². The van der Waals surface area contributed by atoms with Gasteiger partial charge in [-0.15, -0.1) is 0 Å². The monoisotopic (exact) mass is 665 g/mol. The number of nitrogens with zero attached hydrogens (tertiary/aromatic N) is 5. The van der Waals surface area contributed by atoms with Gasteiger partial charge in [0.1, 0.15) is 0 Å². The third-order valence-corrected chi connectivity index (χ3v) is 9.67. The predicted molar refractivity (Wildman–Crippen MR) is 210 cm³/mol. The zero-order valence-corrected chi connectivity index (χ0v) is 28.2. The Morgan fingerprint density at radius 2 is 1.15 bits per heavy atom. The summed E-state index contributed by atoms with van der Waals surface area (Å²) in [7, 11) is 0. The zero-order chi connectivity index (χ0) is 34.9. The molecular formula is C47H31N5. The van der Waals surface area contributed by atoms with Gasteiger partial charge in [0.15, 0.2) is 5.82 Å². The summed E-state index contributed by atoms with van der Waals surface area (Å²) in [5, 5.41) is 11.7. The summed E-state index contributed by atoms with van der Waals surface area (Å²) in [5.74, 6) is 0.707. The van der Waals surface area contributed by atoms with Gasteiger partial charge in [0.05, 0.1) is 45.4 Å². The van der Waals surface area contributed by atoms with Crippen LogP contribution in [0.2, 0.25) is 0 Å². The molecule has 2 aromatic heterocycles. The standard InChI is InChI=1S/C47H31N5/c48-30-37-26-27-40(39-19-8-7-18-38(37)39)46-45(49-41-20-9-10-21-42(41)50-46)34-24-22-31(23-25-34)35-16-11-17-36(28-35)47-51-43(32-12-3-1-4-13-32)29-44(52-47)33-14-5-2-6-15-33/h1-24,26-29,34H,25H2. The maximum absolute atomic E-state index is 9.82. The molecule has 1 unspecified atom stereocenters. The fourth-order valence-corrected chi connectivity index (χ4v) is 7.04. The van der Waals surface area contributed by atoms with E-state index in [1.54, 1.807) is 0 Å². The number of rotatable bonds is 6. The average molecular weight is 666 g/mol. The molecule has 8 aromatic rings. The lowest BCUT2D eigenvalue weighted by Gasteiger charge is -2.20. The van der Waals surface area contributed by atoms with E-state index in [0.29, 0.717) is 11.4 Å². The minimum Gasteiger partial charge on any atom is -0.248 e. The number of allylic oxidation sites excluding steroid dienone is 4. The molecule has 0 radical (unpaired) electrons. The van der Waals surface area contributed by atoms with Crippen LogP contribution < -0.4 is 0 Å². The molecular weight excluding hydrogens is 635 g/mol.